The lowest BCUT2D eigenvalue weighted by atomic mass is 9.95. The number of hydrogen-bond acceptors (Lipinski definition) is 4. The highest BCUT2D eigenvalue weighted by Crippen LogP contribution is 2.26. The fourth-order valence-electron chi connectivity index (χ4n) is 2.69. The van der Waals surface area contributed by atoms with Crippen molar-refractivity contribution in [3.05, 3.63) is 17.1 Å². The molecule has 1 aliphatic rings. The predicted octanol–water partition coefficient (Wildman–Crippen LogP) is 2.58. The van der Waals surface area contributed by atoms with Gasteiger partial charge in [-0.05, 0) is 44.9 Å². The van der Waals surface area contributed by atoms with Gasteiger partial charge in [0.05, 0.1) is 0 Å². The highest BCUT2D eigenvalue weighted by molar-refractivity contribution is 5.77. The second-order valence-electron chi connectivity index (χ2n) is 5.92. The molecule has 1 aromatic heterocycles. The largest absolute Gasteiger partial charge is 0.480 e. The molecule has 0 bridgehead atoms. The van der Waals surface area contributed by atoms with Gasteiger partial charge in [0.15, 0.2) is 0 Å². The Kier molecular flexibility index (Phi) is 4.57. The van der Waals surface area contributed by atoms with Gasteiger partial charge in [-0.3, -0.25) is 0 Å². The van der Waals surface area contributed by atoms with E-state index in [1.165, 1.54) is 0 Å². The average molecular weight is 277 g/mol. The van der Waals surface area contributed by atoms with Crippen LogP contribution in [0.15, 0.2) is 0 Å². The number of carbonyl (C=O) groups is 1. The van der Waals surface area contributed by atoms with Gasteiger partial charge < -0.3 is 10.4 Å². The van der Waals surface area contributed by atoms with Gasteiger partial charge in [0.1, 0.15) is 17.7 Å². The Balaban J connectivity index is 2.27. The highest BCUT2D eigenvalue weighted by atomic mass is 16.4. The van der Waals surface area contributed by atoms with Crippen molar-refractivity contribution in [2.45, 2.75) is 58.9 Å². The Labute approximate surface area is 119 Å². The van der Waals surface area contributed by atoms with E-state index in [9.17, 15) is 9.90 Å². The number of nitrogens with one attached hydrogen (secondary N) is 1. The van der Waals surface area contributed by atoms with E-state index in [0.29, 0.717) is 18.2 Å². The van der Waals surface area contributed by atoms with Crippen LogP contribution in [0.4, 0.5) is 5.82 Å². The molecule has 2 rings (SSSR count). The number of aromatic nitrogens is 2. The van der Waals surface area contributed by atoms with Crippen molar-refractivity contribution < 1.29 is 9.90 Å². The smallest absolute Gasteiger partial charge is 0.326 e. The summed E-state index contributed by atoms with van der Waals surface area (Å²) in [5, 5.41) is 12.5. The molecule has 0 aromatic carbocycles. The minimum absolute atomic E-state index is 0.322. The molecular weight excluding hydrogens is 254 g/mol. The third kappa shape index (κ3) is 3.46. The summed E-state index contributed by atoms with van der Waals surface area (Å²) >= 11 is 0. The molecule has 110 valence electrons. The lowest BCUT2D eigenvalue weighted by Gasteiger charge is -2.22. The highest BCUT2D eigenvalue weighted by Gasteiger charge is 2.23. The van der Waals surface area contributed by atoms with E-state index in [0.717, 1.165) is 42.8 Å². The summed E-state index contributed by atoms with van der Waals surface area (Å²) in [7, 11) is 0. The number of rotatable bonds is 5. The van der Waals surface area contributed by atoms with Crippen LogP contribution in [-0.2, 0) is 17.6 Å². The molecule has 0 fully saturated rings. The minimum Gasteiger partial charge on any atom is -0.480 e. The Bertz CT molecular complexity index is 500. The molecule has 5 heteroatoms. The van der Waals surface area contributed by atoms with Crippen molar-refractivity contribution in [2.24, 2.45) is 5.92 Å². The van der Waals surface area contributed by atoms with Gasteiger partial charge in [-0.2, -0.15) is 0 Å². The summed E-state index contributed by atoms with van der Waals surface area (Å²) in [4.78, 5) is 20.3. The van der Waals surface area contributed by atoms with Gasteiger partial charge >= 0.3 is 5.97 Å². The number of carboxylic acid groups (broad SMARTS) is 1. The van der Waals surface area contributed by atoms with Gasteiger partial charge in [0.25, 0.3) is 0 Å². The van der Waals surface area contributed by atoms with E-state index in [4.69, 9.17) is 0 Å². The first kappa shape index (κ1) is 14.8. The molecule has 0 saturated heterocycles. The fraction of sp³-hybridized carbons (Fsp3) is 0.667. The van der Waals surface area contributed by atoms with Crippen LogP contribution >= 0.6 is 0 Å². The van der Waals surface area contributed by atoms with Crippen molar-refractivity contribution in [3.63, 3.8) is 0 Å². The second kappa shape index (κ2) is 6.20. The van der Waals surface area contributed by atoms with Crippen molar-refractivity contribution in [3.8, 4) is 0 Å². The Morgan fingerprint density at radius 3 is 2.65 bits per heavy atom. The SMILES string of the molecule is Cc1nc2c(c(N[C@@H](CC(C)C)C(=O)O)n1)CCCC2. The standard InChI is InChI=1S/C15H23N3O2/c1-9(2)8-13(15(19)20)18-14-11-6-4-5-7-12(11)16-10(3)17-14/h9,13H,4-8H2,1-3H3,(H,19,20)(H,16,17,18)/t13-/m0/s1. The molecule has 0 saturated carbocycles. The quantitative estimate of drug-likeness (QED) is 0.865. The monoisotopic (exact) mass is 277 g/mol. The lowest BCUT2D eigenvalue weighted by molar-refractivity contribution is -0.138. The zero-order valence-electron chi connectivity index (χ0n) is 12.4. The van der Waals surface area contributed by atoms with Crippen LogP contribution in [0.25, 0.3) is 0 Å². The number of anilines is 1. The molecule has 0 radical (unpaired) electrons. The Hall–Kier alpha value is -1.65. The molecule has 0 aliphatic heterocycles. The number of fused-ring (bicyclic) bond motifs is 1. The number of aryl methyl sites for hydroxylation is 2. The third-order valence-electron chi connectivity index (χ3n) is 3.61. The molecule has 1 atom stereocenters. The van der Waals surface area contributed by atoms with E-state index in [-0.39, 0.29) is 0 Å². The van der Waals surface area contributed by atoms with E-state index >= 15 is 0 Å². The van der Waals surface area contributed by atoms with Gasteiger partial charge in [0.2, 0.25) is 0 Å². The van der Waals surface area contributed by atoms with Crippen molar-refractivity contribution >= 4 is 11.8 Å². The Morgan fingerprint density at radius 1 is 1.30 bits per heavy atom. The molecule has 0 spiro atoms. The third-order valence-corrected chi connectivity index (χ3v) is 3.61. The van der Waals surface area contributed by atoms with Crippen LogP contribution in [0.5, 0.6) is 0 Å². The molecular formula is C15H23N3O2. The fourth-order valence-corrected chi connectivity index (χ4v) is 2.69. The first-order chi connectivity index (χ1) is 9.47. The van der Waals surface area contributed by atoms with Crippen molar-refractivity contribution in [1.82, 2.24) is 9.97 Å². The maximum Gasteiger partial charge on any atom is 0.326 e. The van der Waals surface area contributed by atoms with E-state index in [2.05, 4.69) is 15.3 Å². The summed E-state index contributed by atoms with van der Waals surface area (Å²) in [6.07, 6.45) is 4.77. The van der Waals surface area contributed by atoms with Crippen LogP contribution in [0.1, 0.15) is 50.2 Å². The summed E-state index contributed by atoms with van der Waals surface area (Å²) in [6, 6.07) is -0.588. The van der Waals surface area contributed by atoms with Crippen LogP contribution in [0, 0.1) is 12.8 Å². The second-order valence-corrected chi connectivity index (χ2v) is 5.92. The Morgan fingerprint density at radius 2 is 2.00 bits per heavy atom. The molecule has 2 N–H and O–H groups in total. The first-order valence-electron chi connectivity index (χ1n) is 7.33. The van der Waals surface area contributed by atoms with Gasteiger partial charge in [0, 0.05) is 11.3 Å². The minimum atomic E-state index is -0.820. The van der Waals surface area contributed by atoms with Crippen LogP contribution < -0.4 is 5.32 Å². The summed E-state index contributed by atoms with van der Waals surface area (Å²) in [5.41, 5.74) is 2.19. The molecule has 1 aliphatic carbocycles. The van der Waals surface area contributed by atoms with Gasteiger partial charge in [-0.15, -0.1) is 0 Å². The van der Waals surface area contributed by atoms with Gasteiger partial charge in [-0.1, -0.05) is 13.8 Å². The lowest BCUT2D eigenvalue weighted by Crippen LogP contribution is -2.32. The summed E-state index contributed by atoms with van der Waals surface area (Å²) < 4.78 is 0. The number of carboxylic acids is 1. The van der Waals surface area contributed by atoms with Crippen LogP contribution in [-0.4, -0.2) is 27.1 Å². The topological polar surface area (TPSA) is 75.1 Å². The summed E-state index contributed by atoms with van der Waals surface area (Å²) in [6.45, 7) is 5.91. The first-order valence-corrected chi connectivity index (χ1v) is 7.33. The number of aliphatic carboxylic acids is 1. The molecule has 0 amide bonds. The zero-order valence-corrected chi connectivity index (χ0v) is 12.4. The van der Waals surface area contributed by atoms with Crippen molar-refractivity contribution in [2.75, 3.05) is 5.32 Å². The van der Waals surface area contributed by atoms with E-state index in [1.54, 1.807) is 0 Å². The zero-order chi connectivity index (χ0) is 14.7. The normalized spacial score (nSPS) is 15.8. The van der Waals surface area contributed by atoms with Crippen LogP contribution in [0.3, 0.4) is 0 Å². The number of nitrogens with zero attached hydrogens (tertiary/aromatic N) is 2. The van der Waals surface area contributed by atoms with E-state index in [1.807, 2.05) is 20.8 Å². The van der Waals surface area contributed by atoms with Gasteiger partial charge in [-0.25, -0.2) is 14.8 Å². The number of hydrogen-bond donors (Lipinski definition) is 2. The molecule has 20 heavy (non-hydrogen) atoms. The summed E-state index contributed by atoms with van der Waals surface area (Å²) in [5.74, 6) is 0.934. The average Bonchev–Trinajstić information content (AvgIpc) is 2.37. The van der Waals surface area contributed by atoms with E-state index < -0.39 is 12.0 Å². The molecule has 5 nitrogen and oxygen atoms in total. The molecule has 1 aromatic rings. The van der Waals surface area contributed by atoms with Crippen LogP contribution in [0.2, 0.25) is 0 Å². The predicted molar refractivity (Wildman–Crippen MR) is 77.9 cm³/mol. The maximum atomic E-state index is 11.4. The molecule has 0 unspecified atom stereocenters. The van der Waals surface area contributed by atoms with Crippen molar-refractivity contribution in [1.29, 1.82) is 0 Å². The molecule has 1 heterocycles. The maximum absolute atomic E-state index is 11.4.